The Morgan fingerprint density at radius 1 is 0.935 bits per heavy atom. The molecular formula is C22H18FN5O2S. The summed E-state index contributed by atoms with van der Waals surface area (Å²) in [6, 6.07) is 16.4. The molecule has 0 aliphatic rings. The number of anilines is 2. The molecule has 0 saturated carbocycles. The molecule has 156 valence electrons. The molecule has 0 bridgehead atoms. The summed E-state index contributed by atoms with van der Waals surface area (Å²) in [5, 5.41) is 14.2. The monoisotopic (exact) mass is 435 g/mol. The summed E-state index contributed by atoms with van der Waals surface area (Å²) in [6.45, 7) is 1.98. The van der Waals surface area contributed by atoms with Crippen LogP contribution in [0.1, 0.15) is 15.9 Å². The number of nitrogens with one attached hydrogen (secondary N) is 2. The van der Waals surface area contributed by atoms with Crippen molar-refractivity contribution >= 4 is 40.6 Å². The van der Waals surface area contributed by atoms with Crippen molar-refractivity contribution in [3.63, 3.8) is 0 Å². The second-order valence-corrected chi connectivity index (χ2v) is 7.73. The molecule has 0 unspecified atom stereocenters. The minimum atomic E-state index is -0.371. The number of thioether (sulfide) groups is 1. The quantitative estimate of drug-likeness (QED) is 0.444. The van der Waals surface area contributed by atoms with Crippen LogP contribution in [0.5, 0.6) is 0 Å². The lowest BCUT2D eigenvalue weighted by molar-refractivity contribution is -0.113. The van der Waals surface area contributed by atoms with E-state index >= 15 is 0 Å². The van der Waals surface area contributed by atoms with E-state index in [9.17, 15) is 14.0 Å². The van der Waals surface area contributed by atoms with E-state index in [2.05, 4.69) is 20.8 Å². The lowest BCUT2D eigenvalue weighted by Crippen LogP contribution is -2.14. The Labute approximate surface area is 181 Å². The van der Waals surface area contributed by atoms with E-state index in [1.807, 2.05) is 31.2 Å². The number of fused-ring (bicyclic) bond motifs is 1. The van der Waals surface area contributed by atoms with Crippen molar-refractivity contribution in [2.75, 3.05) is 16.4 Å². The van der Waals surface area contributed by atoms with Crippen molar-refractivity contribution in [1.29, 1.82) is 0 Å². The number of amides is 2. The Hall–Kier alpha value is -3.72. The SMILES string of the molecule is Cc1ccc(NC(=O)c2ccc3nnc(SCC(=O)Nc4ccc(F)cc4)n3c2)cc1. The maximum atomic E-state index is 13.0. The number of aromatic nitrogens is 3. The number of aryl methyl sites for hydroxylation is 1. The van der Waals surface area contributed by atoms with Crippen LogP contribution in [0.2, 0.25) is 0 Å². The summed E-state index contributed by atoms with van der Waals surface area (Å²) in [5.41, 5.74) is 3.31. The van der Waals surface area contributed by atoms with E-state index in [1.165, 1.54) is 36.0 Å². The van der Waals surface area contributed by atoms with Gasteiger partial charge in [-0.15, -0.1) is 10.2 Å². The molecule has 2 N–H and O–H groups in total. The molecule has 0 aliphatic carbocycles. The van der Waals surface area contributed by atoms with Gasteiger partial charge in [0.15, 0.2) is 10.8 Å². The van der Waals surface area contributed by atoms with Crippen LogP contribution in [0.4, 0.5) is 15.8 Å². The highest BCUT2D eigenvalue weighted by Gasteiger charge is 2.13. The van der Waals surface area contributed by atoms with Gasteiger partial charge in [0.25, 0.3) is 5.91 Å². The summed E-state index contributed by atoms with van der Waals surface area (Å²) in [4.78, 5) is 24.8. The van der Waals surface area contributed by atoms with Gasteiger partial charge in [-0.3, -0.25) is 14.0 Å². The van der Waals surface area contributed by atoms with Gasteiger partial charge in [-0.05, 0) is 55.5 Å². The number of halogens is 1. The van der Waals surface area contributed by atoms with Crippen molar-refractivity contribution in [2.45, 2.75) is 12.1 Å². The maximum absolute atomic E-state index is 13.0. The number of carbonyl (C=O) groups excluding carboxylic acids is 2. The van der Waals surface area contributed by atoms with Crippen LogP contribution < -0.4 is 10.6 Å². The standard InChI is InChI=1S/C22H18FN5O2S/c1-14-2-7-18(8-3-14)25-21(30)15-4-11-19-26-27-22(28(19)12-15)31-13-20(29)24-17-9-5-16(23)6-10-17/h2-12H,13H2,1H3,(H,24,29)(H,25,30). The van der Waals surface area contributed by atoms with Gasteiger partial charge >= 0.3 is 0 Å². The molecule has 4 rings (SSSR count). The molecule has 2 aromatic heterocycles. The Bertz CT molecular complexity index is 1240. The van der Waals surface area contributed by atoms with Crippen molar-refractivity contribution in [3.05, 3.63) is 83.8 Å². The molecule has 0 fully saturated rings. The largest absolute Gasteiger partial charge is 0.325 e. The first-order chi connectivity index (χ1) is 15.0. The normalized spacial score (nSPS) is 10.8. The molecule has 0 spiro atoms. The number of rotatable bonds is 6. The minimum Gasteiger partial charge on any atom is -0.325 e. The van der Waals surface area contributed by atoms with Gasteiger partial charge in [0, 0.05) is 17.6 Å². The fraction of sp³-hybridized carbons (Fsp3) is 0.0909. The van der Waals surface area contributed by atoms with Gasteiger partial charge in [0.2, 0.25) is 5.91 Å². The second-order valence-electron chi connectivity index (χ2n) is 6.79. The van der Waals surface area contributed by atoms with Gasteiger partial charge in [0.05, 0.1) is 11.3 Å². The third-order valence-electron chi connectivity index (χ3n) is 4.40. The second kappa shape index (κ2) is 8.97. The molecule has 0 radical (unpaired) electrons. The third kappa shape index (κ3) is 5.07. The molecule has 4 aromatic rings. The summed E-state index contributed by atoms with van der Waals surface area (Å²) in [5.74, 6) is -0.812. The van der Waals surface area contributed by atoms with Crippen molar-refractivity contribution in [3.8, 4) is 0 Å². The maximum Gasteiger partial charge on any atom is 0.257 e. The highest BCUT2D eigenvalue weighted by molar-refractivity contribution is 7.99. The summed E-state index contributed by atoms with van der Waals surface area (Å²) < 4.78 is 14.6. The summed E-state index contributed by atoms with van der Waals surface area (Å²) in [7, 11) is 0. The molecule has 2 heterocycles. The van der Waals surface area contributed by atoms with Crippen molar-refractivity contribution < 1.29 is 14.0 Å². The minimum absolute atomic E-state index is 0.0813. The molecule has 0 saturated heterocycles. The fourth-order valence-corrected chi connectivity index (χ4v) is 3.52. The van der Waals surface area contributed by atoms with Crippen LogP contribution >= 0.6 is 11.8 Å². The van der Waals surface area contributed by atoms with Crippen LogP contribution in [0.15, 0.2) is 72.0 Å². The highest BCUT2D eigenvalue weighted by Crippen LogP contribution is 2.19. The molecule has 2 amide bonds. The number of hydrogen-bond acceptors (Lipinski definition) is 5. The smallest absolute Gasteiger partial charge is 0.257 e. The van der Waals surface area contributed by atoms with Crippen LogP contribution in [0.3, 0.4) is 0 Å². The topological polar surface area (TPSA) is 88.4 Å². The van der Waals surface area contributed by atoms with Gasteiger partial charge in [0.1, 0.15) is 5.82 Å². The molecule has 31 heavy (non-hydrogen) atoms. The lowest BCUT2D eigenvalue weighted by atomic mass is 10.2. The van der Waals surface area contributed by atoms with E-state index in [-0.39, 0.29) is 23.4 Å². The zero-order valence-corrected chi connectivity index (χ0v) is 17.3. The van der Waals surface area contributed by atoms with E-state index < -0.39 is 0 Å². The van der Waals surface area contributed by atoms with Crippen LogP contribution in [0.25, 0.3) is 5.65 Å². The molecule has 7 nitrogen and oxygen atoms in total. The number of pyridine rings is 1. The van der Waals surface area contributed by atoms with E-state index in [0.29, 0.717) is 27.7 Å². The predicted molar refractivity (Wildman–Crippen MR) is 118 cm³/mol. The van der Waals surface area contributed by atoms with Gasteiger partial charge < -0.3 is 10.6 Å². The molecule has 0 aliphatic heterocycles. The Morgan fingerprint density at radius 2 is 1.61 bits per heavy atom. The Kier molecular flexibility index (Phi) is 5.94. The summed E-state index contributed by atoms with van der Waals surface area (Å²) >= 11 is 1.18. The van der Waals surface area contributed by atoms with Crippen LogP contribution in [0, 0.1) is 12.7 Å². The van der Waals surface area contributed by atoms with E-state index in [4.69, 9.17) is 0 Å². The average molecular weight is 435 g/mol. The number of hydrogen-bond donors (Lipinski definition) is 2. The Morgan fingerprint density at radius 3 is 2.35 bits per heavy atom. The van der Waals surface area contributed by atoms with Crippen LogP contribution in [-0.4, -0.2) is 32.2 Å². The van der Waals surface area contributed by atoms with E-state index in [1.54, 1.807) is 22.7 Å². The van der Waals surface area contributed by atoms with Gasteiger partial charge in [-0.25, -0.2) is 4.39 Å². The third-order valence-corrected chi connectivity index (χ3v) is 5.35. The highest BCUT2D eigenvalue weighted by atomic mass is 32.2. The fourth-order valence-electron chi connectivity index (χ4n) is 2.80. The van der Waals surface area contributed by atoms with Gasteiger partial charge in [-0.2, -0.15) is 0 Å². The zero-order valence-electron chi connectivity index (χ0n) is 16.5. The van der Waals surface area contributed by atoms with Crippen molar-refractivity contribution in [2.24, 2.45) is 0 Å². The first-order valence-corrected chi connectivity index (χ1v) is 10.4. The van der Waals surface area contributed by atoms with Crippen LogP contribution in [-0.2, 0) is 4.79 Å². The van der Waals surface area contributed by atoms with Gasteiger partial charge in [-0.1, -0.05) is 29.5 Å². The first kappa shape index (κ1) is 20.5. The summed E-state index contributed by atoms with van der Waals surface area (Å²) in [6.07, 6.45) is 1.64. The molecular weight excluding hydrogens is 417 g/mol. The lowest BCUT2D eigenvalue weighted by Gasteiger charge is -2.07. The molecule has 2 aromatic carbocycles. The Balaban J connectivity index is 1.43. The zero-order chi connectivity index (χ0) is 21.8. The van der Waals surface area contributed by atoms with Crippen molar-refractivity contribution in [1.82, 2.24) is 14.6 Å². The molecule has 9 heteroatoms. The predicted octanol–water partition coefficient (Wildman–Crippen LogP) is 4.16. The first-order valence-electron chi connectivity index (χ1n) is 9.39. The van der Waals surface area contributed by atoms with E-state index in [0.717, 1.165) is 5.56 Å². The molecule has 0 atom stereocenters. The number of benzene rings is 2. The number of nitrogens with zero attached hydrogens (tertiary/aromatic N) is 3. The number of carbonyl (C=O) groups is 2. The average Bonchev–Trinajstić information content (AvgIpc) is 3.18.